The molecule has 0 bridgehead atoms. The number of rotatable bonds is 3. The Hall–Kier alpha value is -1.42. The summed E-state index contributed by atoms with van der Waals surface area (Å²) in [7, 11) is 0. The van der Waals surface area contributed by atoms with E-state index in [1.54, 1.807) is 24.5 Å². The molecule has 0 aliphatic rings. The quantitative estimate of drug-likeness (QED) is 0.929. The van der Waals surface area contributed by atoms with Crippen molar-refractivity contribution in [2.24, 2.45) is 0 Å². The molecule has 0 unspecified atom stereocenters. The maximum Gasteiger partial charge on any atom is 0.147 e. The van der Waals surface area contributed by atoms with E-state index in [-0.39, 0.29) is 5.82 Å². The molecule has 0 fully saturated rings. The predicted molar refractivity (Wildman–Crippen MR) is 65.7 cm³/mol. The number of nitrogens with zero attached hydrogens (tertiary/aromatic N) is 1. The zero-order valence-electron chi connectivity index (χ0n) is 8.45. The zero-order chi connectivity index (χ0) is 11.4. The lowest BCUT2D eigenvalue weighted by Gasteiger charge is -2.07. The van der Waals surface area contributed by atoms with E-state index in [2.05, 4.69) is 26.2 Å². The highest BCUT2D eigenvalue weighted by atomic mass is 79.9. The first kappa shape index (κ1) is 11.1. The molecule has 0 spiro atoms. The van der Waals surface area contributed by atoms with E-state index in [0.717, 1.165) is 10.0 Å². The maximum atomic E-state index is 13.4. The minimum absolute atomic E-state index is 0.265. The lowest BCUT2D eigenvalue weighted by molar-refractivity contribution is 0.629. The number of halogens is 2. The summed E-state index contributed by atoms with van der Waals surface area (Å²) in [6.07, 6.45) is 3.47. The Balaban J connectivity index is 2.05. The molecule has 1 aromatic heterocycles. The molecule has 0 saturated heterocycles. The molecule has 82 valence electrons. The number of hydrogen-bond acceptors (Lipinski definition) is 2. The molecule has 0 aliphatic carbocycles. The maximum absolute atomic E-state index is 13.4. The van der Waals surface area contributed by atoms with Crippen molar-refractivity contribution in [1.82, 2.24) is 4.98 Å². The lowest BCUT2D eigenvalue weighted by atomic mass is 10.2. The lowest BCUT2D eigenvalue weighted by Crippen LogP contribution is -2.01. The van der Waals surface area contributed by atoms with Gasteiger partial charge in [-0.05, 0) is 29.8 Å². The Kier molecular flexibility index (Phi) is 3.51. The summed E-state index contributed by atoms with van der Waals surface area (Å²) in [5.41, 5.74) is 1.51. The van der Waals surface area contributed by atoms with E-state index in [1.165, 1.54) is 6.07 Å². The summed E-state index contributed by atoms with van der Waals surface area (Å²) < 4.78 is 14.2. The van der Waals surface area contributed by atoms with Crippen molar-refractivity contribution >= 4 is 21.6 Å². The third-order valence-corrected chi connectivity index (χ3v) is 2.63. The molecule has 0 atom stereocenters. The average molecular weight is 281 g/mol. The van der Waals surface area contributed by atoms with Gasteiger partial charge < -0.3 is 5.32 Å². The highest BCUT2D eigenvalue weighted by Gasteiger charge is 2.01. The Morgan fingerprint density at radius 1 is 1.31 bits per heavy atom. The van der Waals surface area contributed by atoms with E-state index >= 15 is 0 Å². The zero-order valence-corrected chi connectivity index (χ0v) is 10.0. The second-order valence-electron chi connectivity index (χ2n) is 3.34. The van der Waals surface area contributed by atoms with Crippen LogP contribution in [0.15, 0.2) is 47.2 Å². The Morgan fingerprint density at radius 2 is 2.19 bits per heavy atom. The molecule has 2 nitrogen and oxygen atoms in total. The van der Waals surface area contributed by atoms with Crippen LogP contribution in [0.2, 0.25) is 0 Å². The van der Waals surface area contributed by atoms with Crippen LogP contribution in [0.4, 0.5) is 10.1 Å². The van der Waals surface area contributed by atoms with Crippen LogP contribution in [-0.4, -0.2) is 4.98 Å². The summed E-state index contributed by atoms with van der Waals surface area (Å²) in [6.45, 7) is 0.562. The second kappa shape index (κ2) is 5.07. The van der Waals surface area contributed by atoms with Gasteiger partial charge in [-0.1, -0.05) is 22.0 Å². The average Bonchev–Trinajstić information content (AvgIpc) is 2.29. The Bertz CT molecular complexity index is 474. The Morgan fingerprint density at radius 3 is 2.88 bits per heavy atom. The number of hydrogen-bond donors (Lipinski definition) is 1. The second-order valence-corrected chi connectivity index (χ2v) is 4.25. The third-order valence-electron chi connectivity index (χ3n) is 2.14. The molecule has 0 radical (unpaired) electrons. The summed E-state index contributed by atoms with van der Waals surface area (Å²) >= 11 is 3.21. The minimum atomic E-state index is -0.265. The van der Waals surface area contributed by atoms with Gasteiger partial charge in [-0.15, -0.1) is 0 Å². The van der Waals surface area contributed by atoms with Gasteiger partial charge in [0.15, 0.2) is 0 Å². The van der Waals surface area contributed by atoms with Gasteiger partial charge in [0, 0.05) is 23.4 Å². The number of pyridine rings is 1. The summed E-state index contributed by atoms with van der Waals surface area (Å²) in [4.78, 5) is 3.99. The highest BCUT2D eigenvalue weighted by molar-refractivity contribution is 9.10. The van der Waals surface area contributed by atoms with Crippen molar-refractivity contribution in [2.45, 2.75) is 6.54 Å². The van der Waals surface area contributed by atoms with E-state index < -0.39 is 0 Å². The van der Waals surface area contributed by atoms with E-state index in [1.807, 2.05) is 12.1 Å². The van der Waals surface area contributed by atoms with Crippen molar-refractivity contribution in [2.75, 3.05) is 5.32 Å². The molecule has 2 rings (SSSR count). The first-order valence-corrected chi connectivity index (χ1v) is 5.63. The SMILES string of the molecule is Fc1cc(Br)ccc1NCc1cccnc1. The van der Waals surface area contributed by atoms with Crippen LogP contribution in [0.25, 0.3) is 0 Å². The smallest absolute Gasteiger partial charge is 0.147 e. The van der Waals surface area contributed by atoms with E-state index in [0.29, 0.717) is 12.2 Å². The standard InChI is InChI=1S/C12H10BrFN2/c13-10-3-4-12(11(14)6-10)16-8-9-2-1-5-15-7-9/h1-7,16H,8H2. The third kappa shape index (κ3) is 2.79. The van der Waals surface area contributed by atoms with Crippen LogP contribution in [0.5, 0.6) is 0 Å². The van der Waals surface area contributed by atoms with Gasteiger partial charge in [0.1, 0.15) is 5.82 Å². The highest BCUT2D eigenvalue weighted by Crippen LogP contribution is 2.19. The van der Waals surface area contributed by atoms with Gasteiger partial charge in [0.05, 0.1) is 5.69 Å². The molecule has 2 aromatic rings. The number of anilines is 1. The van der Waals surface area contributed by atoms with Gasteiger partial charge in [-0.2, -0.15) is 0 Å². The van der Waals surface area contributed by atoms with E-state index in [9.17, 15) is 4.39 Å². The fourth-order valence-corrected chi connectivity index (χ4v) is 1.67. The van der Waals surface area contributed by atoms with Gasteiger partial charge in [-0.25, -0.2) is 4.39 Å². The van der Waals surface area contributed by atoms with Crippen LogP contribution in [0, 0.1) is 5.82 Å². The minimum Gasteiger partial charge on any atom is -0.379 e. The van der Waals surface area contributed by atoms with Gasteiger partial charge in [0.2, 0.25) is 0 Å². The number of nitrogens with one attached hydrogen (secondary N) is 1. The number of aromatic nitrogens is 1. The van der Waals surface area contributed by atoms with Crippen molar-refractivity contribution in [3.05, 3.63) is 58.6 Å². The molecule has 1 N–H and O–H groups in total. The molecular formula is C12H10BrFN2. The van der Waals surface area contributed by atoms with Gasteiger partial charge in [-0.3, -0.25) is 4.98 Å². The molecule has 16 heavy (non-hydrogen) atoms. The van der Waals surface area contributed by atoms with E-state index in [4.69, 9.17) is 0 Å². The van der Waals surface area contributed by atoms with Crippen LogP contribution in [-0.2, 0) is 6.54 Å². The number of benzene rings is 1. The van der Waals surface area contributed by atoms with Crippen LogP contribution in [0.3, 0.4) is 0 Å². The van der Waals surface area contributed by atoms with Crippen molar-refractivity contribution in [1.29, 1.82) is 0 Å². The summed E-state index contributed by atoms with van der Waals surface area (Å²) in [6, 6.07) is 8.74. The normalized spacial score (nSPS) is 10.1. The topological polar surface area (TPSA) is 24.9 Å². The molecule has 0 aliphatic heterocycles. The first-order chi connectivity index (χ1) is 7.75. The fourth-order valence-electron chi connectivity index (χ4n) is 1.33. The van der Waals surface area contributed by atoms with Crippen molar-refractivity contribution in [3.63, 3.8) is 0 Å². The predicted octanol–water partition coefficient (Wildman–Crippen LogP) is 3.60. The first-order valence-electron chi connectivity index (χ1n) is 4.83. The van der Waals surface area contributed by atoms with Crippen LogP contribution in [0.1, 0.15) is 5.56 Å². The van der Waals surface area contributed by atoms with Crippen LogP contribution >= 0.6 is 15.9 Å². The molecule has 0 saturated carbocycles. The largest absolute Gasteiger partial charge is 0.379 e. The molecular weight excluding hydrogens is 271 g/mol. The van der Waals surface area contributed by atoms with Crippen LogP contribution < -0.4 is 5.32 Å². The molecule has 1 aromatic carbocycles. The summed E-state index contributed by atoms with van der Waals surface area (Å²) in [5.74, 6) is -0.265. The monoisotopic (exact) mass is 280 g/mol. The van der Waals surface area contributed by atoms with Gasteiger partial charge >= 0.3 is 0 Å². The Labute approximate surface area is 102 Å². The van der Waals surface area contributed by atoms with Crippen molar-refractivity contribution in [3.8, 4) is 0 Å². The molecule has 1 heterocycles. The fraction of sp³-hybridized carbons (Fsp3) is 0.0833. The molecule has 0 amide bonds. The molecule has 4 heteroatoms. The summed E-state index contributed by atoms with van der Waals surface area (Å²) in [5, 5.41) is 3.02. The van der Waals surface area contributed by atoms with Gasteiger partial charge in [0.25, 0.3) is 0 Å². The van der Waals surface area contributed by atoms with Crippen molar-refractivity contribution < 1.29 is 4.39 Å².